The molecule has 0 amide bonds. The lowest BCUT2D eigenvalue weighted by atomic mass is 10.0. The molecule has 0 saturated heterocycles. The normalized spacial score (nSPS) is 16.5. The van der Waals surface area contributed by atoms with Gasteiger partial charge in [0.1, 0.15) is 5.75 Å². The molecule has 2 aromatic rings. The molecule has 0 aliphatic carbocycles. The fourth-order valence-electron chi connectivity index (χ4n) is 2.53. The van der Waals surface area contributed by atoms with Gasteiger partial charge < -0.3 is 10.1 Å². The maximum absolute atomic E-state index is 12.5. The highest BCUT2D eigenvalue weighted by atomic mass is 35.5. The highest BCUT2D eigenvalue weighted by Crippen LogP contribution is 2.35. The number of hydrogen-bond donors (Lipinski definition) is 1. The molecule has 0 fully saturated rings. The first-order valence-electron chi connectivity index (χ1n) is 7.41. The predicted octanol–water partition coefficient (Wildman–Crippen LogP) is 4.15. The van der Waals surface area contributed by atoms with Gasteiger partial charge in [-0.15, -0.1) is 0 Å². The molecule has 1 aliphatic heterocycles. The SMILES string of the molecule is CC1(C)N/C(=C\C(=O)c2ccc(C#N)cc2)c2cc(Cl)ccc2O1. The van der Waals surface area contributed by atoms with Crippen molar-refractivity contribution in [1.82, 2.24) is 5.32 Å². The molecule has 0 radical (unpaired) electrons. The minimum atomic E-state index is -0.641. The Morgan fingerprint density at radius 2 is 1.96 bits per heavy atom. The summed E-state index contributed by atoms with van der Waals surface area (Å²) in [5.74, 6) is 0.507. The van der Waals surface area contributed by atoms with Crippen LogP contribution in [0, 0.1) is 11.3 Å². The third kappa shape index (κ3) is 3.27. The van der Waals surface area contributed by atoms with Gasteiger partial charge in [-0.1, -0.05) is 11.6 Å². The van der Waals surface area contributed by atoms with Crippen molar-refractivity contribution in [3.63, 3.8) is 0 Å². The molecule has 2 aromatic carbocycles. The molecular formula is C19H15ClN2O2. The van der Waals surface area contributed by atoms with Crippen LogP contribution in [0.5, 0.6) is 5.75 Å². The van der Waals surface area contributed by atoms with Crippen molar-refractivity contribution in [3.8, 4) is 11.8 Å². The average molecular weight is 339 g/mol. The summed E-state index contributed by atoms with van der Waals surface area (Å²) in [5.41, 5.74) is 1.78. The number of carbonyl (C=O) groups excluding carboxylic acids is 1. The Kier molecular flexibility index (Phi) is 4.04. The van der Waals surface area contributed by atoms with Gasteiger partial charge in [-0.25, -0.2) is 0 Å². The van der Waals surface area contributed by atoms with Gasteiger partial charge in [0.15, 0.2) is 11.5 Å². The molecule has 0 unspecified atom stereocenters. The number of ketones is 1. The second-order valence-electron chi connectivity index (χ2n) is 5.99. The zero-order chi connectivity index (χ0) is 17.3. The summed E-state index contributed by atoms with van der Waals surface area (Å²) < 4.78 is 5.86. The molecule has 3 rings (SSSR count). The molecule has 24 heavy (non-hydrogen) atoms. The quantitative estimate of drug-likeness (QED) is 0.660. The van der Waals surface area contributed by atoms with E-state index in [2.05, 4.69) is 5.32 Å². The smallest absolute Gasteiger partial charge is 0.187 e. The van der Waals surface area contributed by atoms with Crippen molar-refractivity contribution in [2.75, 3.05) is 0 Å². The minimum absolute atomic E-state index is 0.161. The van der Waals surface area contributed by atoms with Crippen molar-refractivity contribution in [1.29, 1.82) is 5.26 Å². The summed E-state index contributed by atoms with van der Waals surface area (Å²) >= 11 is 6.07. The fourth-order valence-corrected chi connectivity index (χ4v) is 2.70. The van der Waals surface area contributed by atoms with Crippen molar-refractivity contribution in [3.05, 3.63) is 70.3 Å². The molecule has 0 atom stereocenters. The monoisotopic (exact) mass is 338 g/mol. The number of nitriles is 1. The number of nitrogens with one attached hydrogen (secondary N) is 1. The van der Waals surface area contributed by atoms with Crippen LogP contribution in [0.1, 0.15) is 35.3 Å². The number of benzene rings is 2. The Labute approximate surface area is 145 Å². The van der Waals surface area contributed by atoms with E-state index in [1.165, 1.54) is 6.08 Å². The highest BCUT2D eigenvalue weighted by Gasteiger charge is 2.29. The maximum Gasteiger partial charge on any atom is 0.187 e. The van der Waals surface area contributed by atoms with Crippen LogP contribution in [0.2, 0.25) is 5.02 Å². The summed E-state index contributed by atoms with van der Waals surface area (Å²) in [5, 5.41) is 12.6. The van der Waals surface area contributed by atoms with Crippen molar-refractivity contribution in [2.24, 2.45) is 0 Å². The first-order valence-corrected chi connectivity index (χ1v) is 7.79. The molecule has 1 heterocycles. The summed E-state index contributed by atoms with van der Waals surface area (Å²) in [6, 6.07) is 13.9. The molecule has 0 spiro atoms. The van der Waals surface area contributed by atoms with Gasteiger partial charge in [0.05, 0.1) is 17.3 Å². The van der Waals surface area contributed by atoms with Crippen LogP contribution in [0.3, 0.4) is 0 Å². The van der Waals surface area contributed by atoms with Crippen LogP contribution >= 0.6 is 11.6 Å². The Hall–Kier alpha value is -2.77. The minimum Gasteiger partial charge on any atom is -0.468 e. The van der Waals surface area contributed by atoms with Gasteiger partial charge >= 0.3 is 0 Å². The van der Waals surface area contributed by atoms with Crippen molar-refractivity contribution < 1.29 is 9.53 Å². The number of nitrogens with zero attached hydrogens (tertiary/aromatic N) is 1. The van der Waals surface area contributed by atoms with Crippen LogP contribution in [-0.4, -0.2) is 11.5 Å². The summed E-state index contributed by atoms with van der Waals surface area (Å²) in [6.45, 7) is 3.76. The van der Waals surface area contributed by atoms with E-state index in [1.54, 1.807) is 42.5 Å². The second kappa shape index (κ2) is 6.03. The molecule has 5 heteroatoms. The number of halogens is 1. The highest BCUT2D eigenvalue weighted by molar-refractivity contribution is 6.30. The Morgan fingerprint density at radius 1 is 1.25 bits per heavy atom. The van der Waals surface area contributed by atoms with E-state index in [-0.39, 0.29) is 5.78 Å². The maximum atomic E-state index is 12.5. The zero-order valence-electron chi connectivity index (χ0n) is 13.3. The first kappa shape index (κ1) is 16.1. The van der Waals surface area contributed by atoms with Crippen LogP contribution in [0.25, 0.3) is 5.70 Å². The number of hydrogen-bond acceptors (Lipinski definition) is 4. The molecule has 0 bridgehead atoms. The van der Waals surface area contributed by atoms with Gasteiger partial charge in [-0.2, -0.15) is 5.26 Å². The number of rotatable bonds is 2. The lowest BCUT2D eigenvalue weighted by Gasteiger charge is -2.36. The Bertz CT molecular complexity index is 877. The largest absolute Gasteiger partial charge is 0.468 e. The lowest BCUT2D eigenvalue weighted by Crippen LogP contribution is -2.46. The van der Waals surface area contributed by atoms with E-state index in [0.29, 0.717) is 27.6 Å². The van der Waals surface area contributed by atoms with Gasteiger partial charge in [-0.3, -0.25) is 4.79 Å². The van der Waals surface area contributed by atoms with Crippen LogP contribution in [0.15, 0.2) is 48.5 Å². The van der Waals surface area contributed by atoms with Gasteiger partial charge in [0.25, 0.3) is 0 Å². The van der Waals surface area contributed by atoms with Gasteiger partial charge in [-0.05, 0) is 56.3 Å². The molecule has 4 nitrogen and oxygen atoms in total. The van der Waals surface area contributed by atoms with E-state index in [0.717, 1.165) is 5.56 Å². The molecule has 0 saturated carbocycles. The standard InChI is InChI=1S/C19H15ClN2O2/c1-19(2)22-16(15-9-14(20)7-8-18(15)24-19)10-17(23)13-5-3-12(11-21)4-6-13/h3-10,22H,1-2H3/b16-10-. The molecule has 0 aromatic heterocycles. The molecule has 120 valence electrons. The van der Waals surface area contributed by atoms with E-state index in [4.69, 9.17) is 21.6 Å². The Balaban J connectivity index is 2.00. The summed E-state index contributed by atoms with van der Waals surface area (Å²) in [4.78, 5) is 12.5. The van der Waals surface area contributed by atoms with Crippen molar-refractivity contribution in [2.45, 2.75) is 19.6 Å². The second-order valence-corrected chi connectivity index (χ2v) is 6.43. The third-order valence-electron chi connectivity index (χ3n) is 3.61. The Morgan fingerprint density at radius 3 is 2.62 bits per heavy atom. The molecular weight excluding hydrogens is 324 g/mol. The van der Waals surface area contributed by atoms with Gasteiger partial charge in [0.2, 0.25) is 0 Å². The molecule has 1 N–H and O–H groups in total. The van der Waals surface area contributed by atoms with Crippen LogP contribution < -0.4 is 10.1 Å². The van der Waals surface area contributed by atoms with Crippen LogP contribution in [-0.2, 0) is 0 Å². The van der Waals surface area contributed by atoms with E-state index >= 15 is 0 Å². The topological polar surface area (TPSA) is 62.1 Å². The lowest BCUT2D eigenvalue weighted by molar-refractivity contribution is 0.0816. The summed E-state index contributed by atoms with van der Waals surface area (Å²) in [7, 11) is 0. The third-order valence-corrected chi connectivity index (χ3v) is 3.84. The number of allylic oxidation sites excluding steroid dienone is 1. The zero-order valence-corrected chi connectivity index (χ0v) is 14.0. The number of fused-ring (bicyclic) bond motifs is 1. The van der Waals surface area contributed by atoms with E-state index < -0.39 is 5.72 Å². The van der Waals surface area contributed by atoms with E-state index in [1.807, 2.05) is 19.9 Å². The van der Waals surface area contributed by atoms with Crippen LogP contribution in [0.4, 0.5) is 0 Å². The first-order chi connectivity index (χ1) is 11.4. The fraction of sp³-hybridized carbons (Fsp3) is 0.158. The number of ether oxygens (including phenoxy) is 1. The van der Waals surface area contributed by atoms with Crippen molar-refractivity contribution >= 4 is 23.1 Å². The van der Waals surface area contributed by atoms with Gasteiger partial charge in [0, 0.05) is 22.2 Å². The average Bonchev–Trinajstić information content (AvgIpc) is 2.55. The predicted molar refractivity (Wildman–Crippen MR) is 92.8 cm³/mol. The van der Waals surface area contributed by atoms with E-state index in [9.17, 15) is 4.79 Å². The summed E-state index contributed by atoms with van der Waals surface area (Å²) in [6.07, 6.45) is 1.53. The number of carbonyl (C=O) groups is 1. The molecule has 1 aliphatic rings.